The second kappa shape index (κ2) is 8.99. The predicted octanol–water partition coefficient (Wildman–Crippen LogP) is 1.12. The number of cyclic esters (lactones) is 2. The quantitative estimate of drug-likeness (QED) is 0.781. The number of hydrogen-bond acceptors (Lipinski definition) is 6. The number of carbonyl (C=O) groups is 3. The molecule has 1 atom stereocenters. The van der Waals surface area contributed by atoms with Gasteiger partial charge in [0.2, 0.25) is 6.41 Å². The average molecular weight is 369 g/mol. The highest BCUT2D eigenvalue weighted by molar-refractivity contribution is 5.92. The minimum Gasteiger partial charge on any atom is -0.447 e. The van der Waals surface area contributed by atoms with Crippen molar-refractivity contribution in [1.29, 1.82) is 0 Å². The summed E-state index contributed by atoms with van der Waals surface area (Å²) in [5.74, 6) is -0.636. The molecule has 1 aromatic carbocycles. The van der Waals surface area contributed by atoms with E-state index in [0.29, 0.717) is 12.1 Å². The van der Waals surface area contributed by atoms with Crippen molar-refractivity contribution < 1.29 is 33.0 Å². The van der Waals surface area contributed by atoms with Crippen LogP contribution >= 0.6 is 0 Å². The predicted molar refractivity (Wildman–Crippen MR) is 89.7 cm³/mol. The van der Waals surface area contributed by atoms with Crippen molar-refractivity contribution in [2.45, 2.75) is 6.10 Å². The van der Waals surface area contributed by atoms with Crippen LogP contribution in [0.3, 0.4) is 0 Å². The number of benzene rings is 1. The second-order valence-corrected chi connectivity index (χ2v) is 5.45. The maximum absolute atomic E-state index is 14.3. The molecule has 2 fully saturated rings. The Labute approximate surface area is 149 Å². The van der Waals surface area contributed by atoms with E-state index in [1.54, 1.807) is 14.2 Å². The van der Waals surface area contributed by atoms with Gasteiger partial charge in [0, 0.05) is 14.2 Å². The van der Waals surface area contributed by atoms with Crippen LogP contribution in [-0.2, 0) is 19.0 Å². The highest BCUT2D eigenvalue weighted by Gasteiger charge is 2.33. The van der Waals surface area contributed by atoms with Crippen molar-refractivity contribution in [1.82, 2.24) is 5.32 Å². The highest BCUT2D eigenvalue weighted by Crippen LogP contribution is 2.29. The Hall–Kier alpha value is -2.88. The van der Waals surface area contributed by atoms with Crippen LogP contribution in [0.1, 0.15) is 0 Å². The zero-order chi connectivity index (χ0) is 19.1. The molecule has 2 heterocycles. The molecule has 10 heteroatoms. The van der Waals surface area contributed by atoms with Gasteiger partial charge < -0.3 is 19.5 Å². The summed E-state index contributed by atoms with van der Waals surface area (Å²) in [5, 5.41) is 2.43. The number of hydrogen-bond donors (Lipinski definition) is 1. The topological polar surface area (TPSA) is 97.4 Å². The van der Waals surface area contributed by atoms with E-state index in [-0.39, 0.29) is 31.9 Å². The molecule has 0 bridgehead atoms. The number of carbonyl (C=O) groups excluding carboxylic acids is 3. The van der Waals surface area contributed by atoms with Crippen LogP contribution < -0.4 is 15.1 Å². The number of rotatable bonds is 5. The molecule has 1 unspecified atom stereocenters. The zero-order valence-corrected chi connectivity index (χ0v) is 14.4. The van der Waals surface area contributed by atoms with Crippen molar-refractivity contribution in [3.8, 4) is 0 Å². The maximum Gasteiger partial charge on any atom is 0.414 e. The molecule has 2 saturated heterocycles. The molecule has 3 rings (SSSR count). The Morgan fingerprint density at radius 3 is 2.62 bits per heavy atom. The number of methoxy groups -OCH3 is 1. The lowest BCUT2D eigenvalue weighted by molar-refractivity contribution is -0.109. The molecule has 0 spiro atoms. The molecule has 26 heavy (non-hydrogen) atoms. The molecular formula is C16H20FN3O6. The fraction of sp³-hybridized carbons (Fsp3) is 0.438. The molecule has 1 aromatic rings. The fourth-order valence-electron chi connectivity index (χ4n) is 2.51. The third-order valence-electron chi connectivity index (χ3n) is 3.60. The van der Waals surface area contributed by atoms with Crippen LogP contribution in [-0.4, -0.2) is 65.2 Å². The van der Waals surface area contributed by atoms with Crippen molar-refractivity contribution >= 4 is 30.0 Å². The van der Waals surface area contributed by atoms with E-state index in [9.17, 15) is 18.8 Å². The van der Waals surface area contributed by atoms with Gasteiger partial charge in [0.05, 0.1) is 31.0 Å². The molecule has 2 aliphatic rings. The first-order valence-corrected chi connectivity index (χ1v) is 7.81. The molecule has 2 aliphatic heterocycles. The Bertz CT molecular complexity index is 671. The molecule has 0 saturated carbocycles. The van der Waals surface area contributed by atoms with Crippen LogP contribution in [0.5, 0.6) is 0 Å². The molecule has 142 valence electrons. The molecule has 0 radical (unpaired) electrons. The molecule has 0 aliphatic carbocycles. The third kappa shape index (κ3) is 4.39. The number of halogens is 1. The summed E-state index contributed by atoms with van der Waals surface area (Å²) >= 11 is 0. The summed E-state index contributed by atoms with van der Waals surface area (Å²) in [5.41, 5.74) is 0.417. The lowest BCUT2D eigenvalue weighted by Crippen LogP contribution is -2.30. The molecule has 9 nitrogen and oxygen atoms in total. The van der Waals surface area contributed by atoms with E-state index in [4.69, 9.17) is 9.47 Å². The summed E-state index contributed by atoms with van der Waals surface area (Å²) in [4.78, 5) is 36.0. The van der Waals surface area contributed by atoms with Gasteiger partial charge in [-0.05, 0) is 18.2 Å². The normalized spacial score (nSPS) is 18.8. The number of nitrogens with zero attached hydrogens (tertiary/aromatic N) is 2. The van der Waals surface area contributed by atoms with Crippen LogP contribution in [0.4, 0.5) is 25.4 Å². The molecular weight excluding hydrogens is 349 g/mol. The average Bonchev–Trinajstić information content (AvgIpc) is 3.19. The van der Waals surface area contributed by atoms with Gasteiger partial charge in [-0.25, -0.2) is 14.0 Å². The van der Waals surface area contributed by atoms with E-state index in [0.717, 1.165) is 6.07 Å². The molecule has 0 aromatic heterocycles. The standard InChI is InChI=1S/C14H14FN3O5.C2H6O/c15-11-5-9(1-2-12(11)17-3-4-22-13(17)20)18-7-10(6-16-8-19)23-14(18)21;1-3-2/h1-2,5,8,10H,3-4,6-7H2,(H,16,19);1-2H3. The van der Waals surface area contributed by atoms with Crippen molar-refractivity contribution in [2.75, 3.05) is 50.3 Å². The molecule has 3 amide bonds. The number of nitrogens with one attached hydrogen (secondary N) is 1. The Kier molecular flexibility index (Phi) is 6.73. The van der Waals surface area contributed by atoms with Crippen LogP contribution in [0, 0.1) is 5.82 Å². The van der Waals surface area contributed by atoms with E-state index >= 15 is 0 Å². The van der Waals surface area contributed by atoms with Crippen molar-refractivity contribution in [3.63, 3.8) is 0 Å². The first-order chi connectivity index (χ1) is 12.5. The van der Waals surface area contributed by atoms with Gasteiger partial charge in [-0.3, -0.25) is 14.6 Å². The SMILES string of the molecule is COC.O=CNCC1CN(c2ccc(N3CCOC3=O)c(F)c2)C(=O)O1. The van der Waals surface area contributed by atoms with Gasteiger partial charge in [-0.2, -0.15) is 0 Å². The Morgan fingerprint density at radius 2 is 2.04 bits per heavy atom. The van der Waals surface area contributed by atoms with Gasteiger partial charge in [-0.1, -0.05) is 0 Å². The number of ether oxygens (including phenoxy) is 3. The van der Waals surface area contributed by atoms with Gasteiger partial charge in [0.15, 0.2) is 0 Å². The van der Waals surface area contributed by atoms with E-state index in [1.807, 2.05) is 0 Å². The maximum atomic E-state index is 14.3. The zero-order valence-electron chi connectivity index (χ0n) is 14.4. The third-order valence-corrected chi connectivity index (χ3v) is 3.60. The highest BCUT2D eigenvalue weighted by atomic mass is 19.1. The summed E-state index contributed by atoms with van der Waals surface area (Å²) in [6.45, 7) is 0.875. The van der Waals surface area contributed by atoms with Gasteiger partial charge >= 0.3 is 12.2 Å². The first kappa shape index (κ1) is 19.4. The van der Waals surface area contributed by atoms with Gasteiger partial charge in [0.1, 0.15) is 18.5 Å². The van der Waals surface area contributed by atoms with E-state index in [1.165, 1.54) is 21.9 Å². The second-order valence-electron chi connectivity index (χ2n) is 5.45. The summed E-state index contributed by atoms with van der Waals surface area (Å²) < 4.78 is 28.4. The van der Waals surface area contributed by atoms with Gasteiger partial charge in [-0.15, -0.1) is 0 Å². The summed E-state index contributed by atoms with van der Waals surface area (Å²) in [6, 6.07) is 4.11. The largest absolute Gasteiger partial charge is 0.447 e. The number of anilines is 2. The summed E-state index contributed by atoms with van der Waals surface area (Å²) in [6.07, 6.45) is -1.20. The number of amides is 3. The minimum atomic E-state index is -0.636. The van der Waals surface area contributed by atoms with Crippen molar-refractivity contribution in [3.05, 3.63) is 24.0 Å². The van der Waals surface area contributed by atoms with Crippen molar-refractivity contribution in [2.24, 2.45) is 0 Å². The van der Waals surface area contributed by atoms with Gasteiger partial charge in [0.25, 0.3) is 0 Å². The Morgan fingerprint density at radius 1 is 1.31 bits per heavy atom. The lowest BCUT2D eigenvalue weighted by Gasteiger charge is -2.17. The van der Waals surface area contributed by atoms with E-state index < -0.39 is 24.1 Å². The van der Waals surface area contributed by atoms with Crippen LogP contribution in [0.2, 0.25) is 0 Å². The lowest BCUT2D eigenvalue weighted by atomic mass is 10.2. The monoisotopic (exact) mass is 369 g/mol. The first-order valence-electron chi connectivity index (χ1n) is 7.81. The Balaban J connectivity index is 0.000000758. The summed E-state index contributed by atoms with van der Waals surface area (Å²) in [7, 11) is 3.25. The van der Waals surface area contributed by atoms with Crippen LogP contribution in [0.15, 0.2) is 18.2 Å². The van der Waals surface area contributed by atoms with E-state index in [2.05, 4.69) is 10.1 Å². The smallest absolute Gasteiger partial charge is 0.414 e. The van der Waals surface area contributed by atoms with Crippen LogP contribution in [0.25, 0.3) is 0 Å². The minimum absolute atomic E-state index is 0.1000. The molecule has 1 N–H and O–H groups in total. The fourth-order valence-corrected chi connectivity index (χ4v) is 2.51.